The van der Waals surface area contributed by atoms with Crippen LogP contribution in [-0.4, -0.2) is 14.4 Å². The smallest absolute Gasteiger partial charge is 0.175 e. The highest BCUT2D eigenvalue weighted by Crippen LogP contribution is 2.26. The predicted octanol–water partition coefficient (Wildman–Crippen LogP) is 4.86. The van der Waals surface area contributed by atoms with Gasteiger partial charge in [0, 0.05) is 16.8 Å². The number of hydrogen-bond acceptors (Lipinski definition) is 2. The van der Waals surface area contributed by atoms with E-state index in [1.165, 1.54) is 0 Å². The maximum atomic E-state index is 6.25. The zero-order valence-corrected chi connectivity index (χ0v) is 12.3. The molecule has 0 aliphatic heterocycles. The van der Waals surface area contributed by atoms with Gasteiger partial charge >= 0.3 is 0 Å². The van der Waals surface area contributed by atoms with E-state index in [0.29, 0.717) is 15.8 Å². The summed E-state index contributed by atoms with van der Waals surface area (Å²) in [6, 6.07) is 15.4. The first-order valence-corrected chi connectivity index (χ1v) is 7.17. The molecule has 0 saturated heterocycles. The highest BCUT2D eigenvalue weighted by Gasteiger charge is 2.11. The Morgan fingerprint density at radius 1 is 0.857 bits per heavy atom. The lowest BCUT2D eigenvalue weighted by atomic mass is 10.2. The van der Waals surface area contributed by atoms with Crippen LogP contribution in [0.15, 0.2) is 54.7 Å². The molecule has 0 N–H and O–H groups in total. The summed E-state index contributed by atoms with van der Waals surface area (Å²) in [6.07, 6.45) is 1.97. The number of nitrogens with zero attached hydrogens (tertiary/aromatic N) is 3. The summed E-state index contributed by atoms with van der Waals surface area (Å²) in [5, 5.41) is 1.10. The number of rotatable bonds is 1. The van der Waals surface area contributed by atoms with Crippen molar-refractivity contribution in [2.24, 2.45) is 0 Å². The van der Waals surface area contributed by atoms with Gasteiger partial charge in [0.25, 0.3) is 0 Å². The number of hydrogen-bond donors (Lipinski definition) is 0. The summed E-state index contributed by atoms with van der Waals surface area (Å²) >= 11 is 12.2. The number of para-hydroxylation sites is 2. The fourth-order valence-corrected chi connectivity index (χ4v) is 2.74. The molecule has 0 radical (unpaired) electrons. The largest absolute Gasteiger partial charge is 0.295 e. The van der Waals surface area contributed by atoms with Crippen LogP contribution >= 0.6 is 23.2 Å². The van der Waals surface area contributed by atoms with Crippen molar-refractivity contribution in [3.8, 4) is 11.3 Å². The summed E-state index contributed by atoms with van der Waals surface area (Å²) in [7, 11) is 0. The SMILES string of the molecule is Clc1ccc(-c2cn3c(n2)c(Cl)nc2ccccc23)cc1. The molecule has 0 spiro atoms. The zero-order valence-electron chi connectivity index (χ0n) is 10.8. The maximum absolute atomic E-state index is 6.25. The van der Waals surface area contributed by atoms with Crippen molar-refractivity contribution in [1.29, 1.82) is 0 Å². The number of fused-ring (bicyclic) bond motifs is 3. The quantitative estimate of drug-likeness (QED) is 0.502. The van der Waals surface area contributed by atoms with Gasteiger partial charge in [0.1, 0.15) is 0 Å². The topological polar surface area (TPSA) is 30.2 Å². The van der Waals surface area contributed by atoms with Crippen molar-refractivity contribution < 1.29 is 0 Å². The second-order valence-electron chi connectivity index (χ2n) is 4.72. The van der Waals surface area contributed by atoms with E-state index >= 15 is 0 Å². The first kappa shape index (κ1) is 12.6. The van der Waals surface area contributed by atoms with Crippen molar-refractivity contribution in [3.63, 3.8) is 0 Å². The molecular weight excluding hydrogens is 305 g/mol. The van der Waals surface area contributed by atoms with E-state index in [1.54, 1.807) is 0 Å². The Labute approximate surface area is 130 Å². The molecule has 5 heteroatoms. The molecule has 0 atom stereocenters. The van der Waals surface area contributed by atoms with Crippen molar-refractivity contribution in [2.45, 2.75) is 0 Å². The van der Waals surface area contributed by atoms with E-state index in [2.05, 4.69) is 9.97 Å². The lowest BCUT2D eigenvalue weighted by Gasteiger charge is -2.01. The molecule has 2 aromatic carbocycles. The minimum atomic E-state index is 0.397. The van der Waals surface area contributed by atoms with Gasteiger partial charge in [-0.25, -0.2) is 9.97 Å². The van der Waals surface area contributed by atoms with Gasteiger partial charge in [0.15, 0.2) is 10.8 Å². The lowest BCUT2D eigenvalue weighted by Crippen LogP contribution is -1.91. The number of benzene rings is 2. The monoisotopic (exact) mass is 313 g/mol. The third-order valence-corrected chi connectivity index (χ3v) is 3.90. The van der Waals surface area contributed by atoms with E-state index in [4.69, 9.17) is 23.2 Å². The van der Waals surface area contributed by atoms with Crippen LogP contribution in [0.4, 0.5) is 0 Å². The van der Waals surface area contributed by atoms with Gasteiger partial charge in [-0.05, 0) is 24.3 Å². The molecule has 0 aliphatic rings. The van der Waals surface area contributed by atoms with Crippen LogP contribution in [0, 0.1) is 0 Å². The molecule has 0 bridgehead atoms. The van der Waals surface area contributed by atoms with Crippen LogP contribution in [0.1, 0.15) is 0 Å². The molecule has 0 saturated carbocycles. The first-order chi connectivity index (χ1) is 10.2. The van der Waals surface area contributed by atoms with Crippen molar-refractivity contribution in [3.05, 3.63) is 64.9 Å². The van der Waals surface area contributed by atoms with Crippen LogP contribution in [0.25, 0.3) is 27.9 Å². The number of imidazole rings is 1. The standard InChI is InChI=1S/C16H9Cl2N3/c17-11-7-5-10(6-8-11)13-9-21-14-4-2-1-3-12(14)19-15(18)16(21)20-13/h1-9H. The maximum Gasteiger partial charge on any atom is 0.175 e. The molecule has 3 nitrogen and oxygen atoms in total. The van der Waals surface area contributed by atoms with E-state index in [9.17, 15) is 0 Å². The van der Waals surface area contributed by atoms with Gasteiger partial charge in [0.05, 0.1) is 16.7 Å². The van der Waals surface area contributed by atoms with Gasteiger partial charge in [-0.3, -0.25) is 4.40 Å². The van der Waals surface area contributed by atoms with E-state index in [1.807, 2.05) is 59.1 Å². The predicted molar refractivity (Wildman–Crippen MR) is 85.9 cm³/mol. The third kappa shape index (κ3) is 2.06. The zero-order chi connectivity index (χ0) is 14.4. The Morgan fingerprint density at radius 3 is 2.43 bits per heavy atom. The van der Waals surface area contributed by atoms with Crippen LogP contribution in [-0.2, 0) is 0 Å². The molecule has 102 valence electrons. The van der Waals surface area contributed by atoms with Gasteiger partial charge in [-0.15, -0.1) is 0 Å². The second kappa shape index (κ2) is 4.72. The third-order valence-electron chi connectivity index (χ3n) is 3.39. The Kier molecular flexibility index (Phi) is 2.84. The van der Waals surface area contributed by atoms with Crippen LogP contribution in [0.3, 0.4) is 0 Å². The summed E-state index contributed by atoms with van der Waals surface area (Å²) < 4.78 is 1.97. The van der Waals surface area contributed by atoms with E-state index in [0.717, 1.165) is 22.3 Å². The molecule has 2 aromatic heterocycles. The Bertz CT molecular complexity index is 959. The number of halogens is 2. The van der Waals surface area contributed by atoms with Crippen molar-refractivity contribution >= 4 is 39.9 Å². The van der Waals surface area contributed by atoms with Crippen LogP contribution < -0.4 is 0 Å². The van der Waals surface area contributed by atoms with Crippen LogP contribution in [0.5, 0.6) is 0 Å². The second-order valence-corrected chi connectivity index (χ2v) is 5.51. The molecule has 0 aliphatic carbocycles. The van der Waals surface area contributed by atoms with Gasteiger partial charge < -0.3 is 0 Å². The summed E-state index contributed by atoms with van der Waals surface area (Å²) in [4.78, 5) is 8.97. The molecule has 4 rings (SSSR count). The highest BCUT2D eigenvalue weighted by molar-refractivity contribution is 6.32. The van der Waals surface area contributed by atoms with Gasteiger partial charge in [-0.1, -0.05) is 47.5 Å². The van der Waals surface area contributed by atoms with Gasteiger partial charge in [-0.2, -0.15) is 0 Å². The molecule has 2 heterocycles. The summed E-state index contributed by atoms with van der Waals surface area (Å²) in [5.74, 6) is 0. The minimum Gasteiger partial charge on any atom is -0.295 e. The molecule has 0 unspecified atom stereocenters. The van der Waals surface area contributed by atoms with E-state index in [-0.39, 0.29) is 0 Å². The normalized spacial score (nSPS) is 11.3. The summed E-state index contributed by atoms with van der Waals surface area (Å²) in [6.45, 7) is 0. The molecule has 0 amide bonds. The number of aromatic nitrogens is 3. The lowest BCUT2D eigenvalue weighted by molar-refractivity contribution is 1.21. The fraction of sp³-hybridized carbons (Fsp3) is 0. The summed E-state index contributed by atoms with van der Waals surface area (Å²) in [5.41, 5.74) is 4.30. The van der Waals surface area contributed by atoms with Crippen molar-refractivity contribution in [2.75, 3.05) is 0 Å². The molecule has 0 fully saturated rings. The average Bonchev–Trinajstić information content (AvgIpc) is 2.94. The van der Waals surface area contributed by atoms with Crippen LogP contribution in [0.2, 0.25) is 10.2 Å². The Balaban J connectivity index is 2.03. The Morgan fingerprint density at radius 2 is 1.62 bits per heavy atom. The van der Waals surface area contributed by atoms with Gasteiger partial charge in [0.2, 0.25) is 0 Å². The van der Waals surface area contributed by atoms with Crippen molar-refractivity contribution in [1.82, 2.24) is 14.4 Å². The fourth-order valence-electron chi connectivity index (χ4n) is 2.39. The highest BCUT2D eigenvalue weighted by atomic mass is 35.5. The average molecular weight is 314 g/mol. The first-order valence-electron chi connectivity index (χ1n) is 6.42. The van der Waals surface area contributed by atoms with E-state index < -0.39 is 0 Å². The molecule has 4 aromatic rings. The minimum absolute atomic E-state index is 0.397. The Hall–Kier alpha value is -2.10. The molecular formula is C16H9Cl2N3. The molecule has 21 heavy (non-hydrogen) atoms.